The van der Waals surface area contributed by atoms with Crippen LogP contribution in [-0.4, -0.2) is 18.8 Å². The maximum atomic E-state index is 8.72. The fraction of sp³-hybridized carbons (Fsp3) is 0.250. The first-order valence-electron chi connectivity index (χ1n) is 6.20. The van der Waals surface area contributed by atoms with E-state index in [0.29, 0.717) is 13.2 Å². The Kier molecular flexibility index (Phi) is 5.63. The van der Waals surface area contributed by atoms with Crippen molar-refractivity contribution in [1.29, 1.82) is 0 Å². The lowest BCUT2D eigenvalue weighted by atomic mass is 10.2. The zero-order valence-electron chi connectivity index (χ0n) is 11.3. The van der Waals surface area contributed by atoms with Gasteiger partial charge in [-0.3, -0.25) is 0 Å². The van der Waals surface area contributed by atoms with Gasteiger partial charge in [-0.25, -0.2) is 0 Å². The summed E-state index contributed by atoms with van der Waals surface area (Å²) in [5, 5.41) is 10.7. The lowest BCUT2D eigenvalue weighted by molar-refractivity contribution is 0.109. The molecule has 1 aromatic carbocycles. The molecule has 104 valence electrons. The first-order valence-corrected chi connectivity index (χ1v) is 7.08. The van der Waals surface area contributed by atoms with Crippen LogP contribution in [0.5, 0.6) is 5.75 Å². The Hall–Kier alpha value is -1.80. The summed E-state index contributed by atoms with van der Waals surface area (Å²) >= 11 is 1.61. The van der Waals surface area contributed by atoms with E-state index in [9.17, 15) is 0 Å². The molecule has 2 rings (SSSR count). The van der Waals surface area contributed by atoms with Crippen molar-refractivity contribution < 1.29 is 14.6 Å². The molecule has 1 N–H and O–H groups in total. The Balaban J connectivity index is 1.91. The number of methoxy groups -OCH3 is 1. The molecule has 0 fully saturated rings. The van der Waals surface area contributed by atoms with Crippen LogP contribution < -0.4 is 4.74 Å². The van der Waals surface area contributed by atoms with Crippen LogP contribution in [0.3, 0.4) is 0 Å². The Bertz CT molecular complexity index is 607. The van der Waals surface area contributed by atoms with E-state index in [-0.39, 0.29) is 6.61 Å². The summed E-state index contributed by atoms with van der Waals surface area (Å²) in [6.07, 6.45) is 0. The second kappa shape index (κ2) is 7.71. The van der Waals surface area contributed by atoms with Gasteiger partial charge in [0.25, 0.3) is 0 Å². The molecule has 0 bridgehead atoms. The molecule has 20 heavy (non-hydrogen) atoms. The van der Waals surface area contributed by atoms with E-state index in [1.807, 2.05) is 35.7 Å². The minimum absolute atomic E-state index is 0.125. The van der Waals surface area contributed by atoms with E-state index < -0.39 is 0 Å². The van der Waals surface area contributed by atoms with Gasteiger partial charge in [0, 0.05) is 10.4 Å². The molecule has 1 aromatic heterocycles. The van der Waals surface area contributed by atoms with Gasteiger partial charge in [0.05, 0.1) is 20.3 Å². The van der Waals surface area contributed by atoms with Crippen LogP contribution in [0.4, 0.5) is 0 Å². The van der Waals surface area contributed by atoms with Gasteiger partial charge in [-0.2, -0.15) is 0 Å². The summed E-state index contributed by atoms with van der Waals surface area (Å²) in [6.45, 7) is 0.923. The summed E-state index contributed by atoms with van der Waals surface area (Å²) < 4.78 is 10.9. The maximum absolute atomic E-state index is 8.72. The molecule has 0 amide bonds. The molecule has 0 aliphatic rings. The van der Waals surface area contributed by atoms with Crippen LogP contribution in [0.15, 0.2) is 35.7 Å². The highest BCUT2D eigenvalue weighted by Crippen LogP contribution is 2.18. The Labute approximate surface area is 122 Å². The Morgan fingerprint density at radius 1 is 1.25 bits per heavy atom. The highest BCUT2D eigenvalue weighted by Gasteiger charge is 2.03. The van der Waals surface area contributed by atoms with Crippen LogP contribution in [0.25, 0.3) is 0 Å². The van der Waals surface area contributed by atoms with Crippen LogP contribution >= 0.6 is 11.3 Å². The summed E-state index contributed by atoms with van der Waals surface area (Å²) in [7, 11) is 1.65. The van der Waals surface area contributed by atoms with Crippen LogP contribution in [-0.2, 0) is 18.0 Å². The molecule has 0 atom stereocenters. The van der Waals surface area contributed by atoms with Crippen molar-refractivity contribution in [3.63, 3.8) is 0 Å². The van der Waals surface area contributed by atoms with Crippen molar-refractivity contribution in [2.45, 2.75) is 13.2 Å². The van der Waals surface area contributed by atoms with E-state index >= 15 is 0 Å². The first-order chi connectivity index (χ1) is 9.83. The van der Waals surface area contributed by atoms with Gasteiger partial charge in [0.2, 0.25) is 0 Å². The second-order valence-electron chi connectivity index (χ2n) is 4.06. The van der Waals surface area contributed by atoms with Crippen molar-refractivity contribution in [1.82, 2.24) is 0 Å². The van der Waals surface area contributed by atoms with Gasteiger partial charge in [-0.05, 0) is 29.1 Å². The van der Waals surface area contributed by atoms with Gasteiger partial charge in [0.15, 0.2) is 0 Å². The Morgan fingerprint density at radius 3 is 2.95 bits per heavy atom. The number of aliphatic hydroxyl groups excluding tert-OH is 1. The average molecular weight is 288 g/mol. The normalized spacial score (nSPS) is 9.90. The van der Waals surface area contributed by atoms with Crippen LogP contribution in [0.1, 0.15) is 16.0 Å². The molecule has 2 aromatic rings. The molecule has 0 saturated carbocycles. The van der Waals surface area contributed by atoms with Crippen LogP contribution in [0.2, 0.25) is 0 Å². The number of hydrogen-bond acceptors (Lipinski definition) is 4. The molecule has 0 aliphatic carbocycles. The summed E-state index contributed by atoms with van der Waals surface area (Å²) in [4.78, 5) is 1.08. The monoisotopic (exact) mass is 288 g/mol. The summed E-state index contributed by atoms with van der Waals surface area (Å²) in [6, 6.07) is 9.76. The van der Waals surface area contributed by atoms with Gasteiger partial charge in [-0.1, -0.05) is 24.0 Å². The number of thiophene rings is 1. The third kappa shape index (κ3) is 4.10. The fourth-order valence-corrected chi connectivity index (χ4v) is 2.49. The number of benzene rings is 1. The van der Waals surface area contributed by atoms with Gasteiger partial charge in [-0.15, -0.1) is 11.3 Å². The molecule has 0 spiro atoms. The molecule has 4 heteroatoms. The second-order valence-corrected chi connectivity index (χ2v) is 5.06. The zero-order chi connectivity index (χ0) is 14.2. The van der Waals surface area contributed by atoms with Crippen molar-refractivity contribution in [3.8, 4) is 17.6 Å². The fourth-order valence-electron chi connectivity index (χ4n) is 1.72. The number of hydrogen-bond donors (Lipinski definition) is 1. The van der Waals surface area contributed by atoms with Crippen molar-refractivity contribution in [2.24, 2.45) is 0 Å². The van der Waals surface area contributed by atoms with Crippen molar-refractivity contribution >= 4 is 11.3 Å². The molecule has 1 heterocycles. The van der Waals surface area contributed by atoms with E-state index in [2.05, 4.69) is 11.8 Å². The van der Waals surface area contributed by atoms with Crippen LogP contribution in [0, 0.1) is 11.8 Å². The molecular weight excluding hydrogens is 272 g/mol. The smallest absolute Gasteiger partial charge is 0.119 e. The van der Waals surface area contributed by atoms with Gasteiger partial charge < -0.3 is 14.6 Å². The van der Waals surface area contributed by atoms with Gasteiger partial charge >= 0.3 is 0 Å². The predicted molar refractivity (Wildman–Crippen MR) is 79.8 cm³/mol. The molecule has 0 saturated heterocycles. The van der Waals surface area contributed by atoms with E-state index in [1.54, 1.807) is 18.4 Å². The quantitative estimate of drug-likeness (QED) is 0.860. The highest BCUT2D eigenvalue weighted by molar-refractivity contribution is 7.10. The van der Waals surface area contributed by atoms with E-state index in [4.69, 9.17) is 14.6 Å². The number of rotatable bonds is 5. The molecular formula is C16H16O3S. The molecule has 0 radical (unpaired) electrons. The minimum atomic E-state index is -0.125. The number of ether oxygens (including phenoxy) is 2. The van der Waals surface area contributed by atoms with E-state index in [0.717, 1.165) is 21.8 Å². The summed E-state index contributed by atoms with van der Waals surface area (Å²) in [5.74, 6) is 6.40. The maximum Gasteiger partial charge on any atom is 0.119 e. The topological polar surface area (TPSA) is 38.7 Å². The van der Waals surface area contributed by atoms with Gasteiger partial charge in [0.1, 0.15) is 12.4 Å². The third-order valence-electron chi connectivity index (χ3n) is 2.68. The first kappa shape index (κ1) is 14.6. The lowest BCUT2D eigenvalue weighted by Gasteiger charge is -2.05. The molecule has 0 aliphatic heterocycles. The SMILES string of the molecule is COc1cccc(COCc2sccc2C#CCO)c1. The standard InChI is InChI=1S/C16H16O3S/c1-18-15-6-2-4-13(10-15)11-19-12-16-14(5-3-8-17)7-9-20-16/h2,4,6-7,9-10,17H,8,11-12H2,1H3. The third-order valence-corrected chi connectivity index (χ3v) is 3.58. The highest BCUT2D eigenvalue weighted by atomic mass is 32.1. The predicted octanol–water partition coefficient (Wildman–Crippen LogP) is 2.82. The van der Waals surface area contributed by atoms with Crippen molar-refractivity contribution in [2.75, 3.05) is 13.7 Å². The Morgan fingerprint density at radius 2 is 2.15 bits per heavy atom. The molecule has 3 nitrogen and oxygen atoms in total. The van der Waals surface area contributed by atoms with Crippen molar-refractivity contribution in [3.05, 3.63) is 51.7 Å². The average Bonchev–Trinajstić information content (AvgIpc) is 2.93. The zero-order valence-corrected chi connectivity index (χ0v) is 12.1. The largest absolute Gasteiger partial charge is 0.497 e. The molecule has 0 unspecified atom stereocenters. The number of aliphatic hydroxyl groups is 1. The minimum Gasteiger partial charge on any atom is -0.497 e. The summed E-state index contributed by atoms with van der Waals surface area (Å²) in [5.41, 5.74) is 2.00. The van der Waals surface area contributed by atoms with E-state index in [1.165, 1.54) is 0 Å². The lowest BCUT2D eigenvalue weighted by Crippen LogP contribution is -1.94.